The molecule has 1 saturated heterocycles. The number of nitrogens with one attached hydrogen (secondary N) is 1. The van der Waals surface area contributed by atoms with Crippen molar-refractivity contribution in [2.45, 2.75) is 63.1 Å². The third-order valence-corrected chi connectivity index (χ3v) is 9.14. The van der Waals surface area contributed by atoms with E-state index < -0.39 is 36.1 Å². The van der Waals surface area contributed by atoms with Crippen molar-refractivity contribution < 1.29 is 33.2 Å². The van der Waals surface area contributed by atoms with E-state index in [0.29, 0.717) is 19.8 Å². The second-order valence-electron chi connectivity index (χ2n) is 13.0. The quantitative estimate of drug-likeness (QED) is 0.0917. The number of ether oxygens (including phenoxy) is 6. The number of alkyl carbamates (subject to hydrolysis) is 1. The van der Waals surface area contributed by atoms with Crippen LogP contribution in [0.25, 0.3) is 0 Å². The van der Waals surface area contributed by atoms with Gasteiger partial charge >= 0.3 is 6.09 Å². The van der Waals surface area contributed by atoms with Gasteiger partial charge in [0.1, 0.15) is 36.6 Å². The molecule has 0 spiro atoms. The summed E-state index contributed by atoms with van der Waals surface area (Å²) in [4.78, 5) is 13.2. The Kier molecular flexibility index (Phi) is 14.0. The maximum absolute atomic E-state index is 13.2. The van der Waals surface area contributed by atoms with Crippen molar-refractivity contribution in [2.24, 2.45) is 0 Å². The van der Waals surface area contributed by atoms with E-state index in [0.717, 1.165) is 27.8 Å². The van der Waals surface area contributed by atoms with Crippen molar-refractivity contribution in [2.75, 3.05) is 13.2 Å². The van der Waals surface area contributed by atoms with Gasteiger partial charge in [-0.05, 0) is 27.8 Å². The van der Waals surface area contributed by atoms with Crippen molar-refractivity contribution in [1.29, 1.82) is 0 Å². The van der Waals surface area contributed by atoms with Crippen LogP contribution in [0.5, 0.6) is 0 Å². The van der Waals surface area contributed by atoms with E-state index in [2.05, 4.69) is 11.9 Å². The van der Waals surface area contributed by atoms with E-state index in [1.807, 2.05) is 152 Å². The summed E-state index contributed by atoms with van der Waals surface area (Å²) in [7, 11) is 0. The van der Waals surface area contributed by atoms with E-state index >= 15 is 0 Å². The molecule has 53 heavy (non-hydrogen) atoms. The second kappa shape index (κ2) is 19.7. The number of carbonyl (C=O) groups excluding carboxylic acids is 1. The Balaban J connectivity index is 1.32. The molecule has 5 atom stereocenters. The molecule has 0 aliphatic carbocycles. The Morgan fingerprint density at radius 1 is 0.585 bits per heavy atom. The summed E-state index contributed by atoms with van der Waals surface area (Å²) in [6.07, 6.45) is -1.63. The summed E-state index contributed by atoms with van der Waals surface area (Å²) in [6.45, 7) is 5.77. The maximum atomic E-state index is 13.2. The highest BCUT2D eigenvalue weighted by atomic mass is 16.6. The number of benzene rings is 5. The Morgan fingerprint density at radius 2 is 1.00 bits per heavy atom. The molecule has 0 bridgehead atoms. The fraction of sp³-hybridized carbons (Fsp3) is 0.267. The minimum absolute atomic E-state index is 0.00460. The molecule has 5 aromatic rings. The molecule has 1 N–H and O–H groups in total. The highest BCUT2D eigenvalue weighted by Crippen LogP contribution is 2.38. The zero-order valence-electron chi connectivity index (χ0n) is 29.8. The van der Waals surface area contributed by atoms with Crippen molar-refractivity contribution >= 4 is 6.09 Å². The lowest BCUT2D eigenvalue weighted by Gasteiger charge is -2.51. The van der Waals surface area contributed by atoms with Crippen LogP contribution in [0.3, 0.4) is 0 Å². The lowest BCUT2D eigenvalue weighted by Crippen LogP contribution is -2.69. The minimum atomic E-state index is -1.27. The van der Waals surface area contributed by atoms with Gasteiger partial charge in [0, 0.05) is 0 Å². The molecule has 0 aromatic heterocycles. The van der Waals surface area contributed by atoms with E-state index in [1.54, 1.807) is 6.08 Å². The predicted molar refractivity (Wildman–Crippen MR) is 204 cm³/mol. The Hall–Kier alpha value is -5.09. The summed E-state index contributed by atoms with van der Waals surface area (Å²) in [5, 5.41) is 2.94. The highest BCUT2D eigenvalue weighted by Gasteiger charge is 2.55. The van der Waals surface area contributed by atoms with Crippen LogP contribution in [0.4, 0.5) is 4.79 Å². The monoisotopic (exact) mass is 713 g/mol. The van der Waals surface area contributed by atoms with E-state index in [-0.39, 0.29) is 26.4 Å². The SMILES string of the molecule is C=C[C@]1(CNC(=O)OCc2ccccc2)O[C@H](COCc2ccccc2)[C@@H](OCc2ccccc2)[C@H](OCc2ccccc2)[C@H]1OCc1ccccc1. The first-order valence-corrected chi connectivity index (χ1v) is 18.0. The fourth-order valence-corrected chi connectivity index (χ4v) is 6.35. The van der Waals surface area contributed by atoms with Gasteiger partial charge in [-0.15, -0.1) is 6.58 Å². The van der Waals surface area contributed by atoms with Gasteiger partial charge in [0.25, 0.3) is 0 Å². The fourth-order valence-electron chi connectivity index (χ4n) is 6.35. The molecule has 5 aromatic carbocycles. The molecule has 1 amide bonds. The Morgan fingerprint density at radius 3 is 1.47 bits per heavy atom. The van der Waals surface area contributed by atoms with Gasteiger partial charge < -0.3 is 33.7 Å². The van der Waals surface area contributed by atoms with Crippen LogP contribution < -0.4 is 5.32 Å². The molecule has 0 unspecified atom stereocenters. The molecule has 274 valence electrons. The van der Waals surface area contributed by atoms with Gasteiger partial charge in [0.2, 0.25) is 0 Å². The van der Waals surface area contributed by atoms with E-state index in [9.17, 15) is 4.79 Å². The van der Waals surface area contributed by atoms with Crippen LogP contribution >= 0.6 is 0 Å². The molecule has 0 radical (unpaired) electrons. The molecular formula is C45H47NO7. The van der Waals surface area contributed by atoms with Gasteiger partial charge in [-0.25, -0.2) is 4.79 Å². The average molecular weight is 714 g/mol. The van der Waals surface area contributed by atoms with Crippen molar-refractivity contribution in [3.63, 3.8) is 0 Å². The largest absolute Gasteiger partial charge is 0.445 e. The Labute approximate surface area is 312 Å². The van der Waals surface area contributed by atoms with Crippen LogP contribution in [0.15, 0.2) is 164 Å². The van der Waals surface area contributed by atoms with Crippen LogP contribution in [-0.2, 0) is 61.5 Å². The average Bonchev–Trinajstić information content (AvgIpc) is 3.22. The highest BCUT2D eigenvalue weighted by molar-refractivity contribution is 5.67. The smallest absolute Gasteiger partial charge is 0.407 e. The topological polar surface area (TPSA) is 84.5 Å². The summed E-state index contributed by atoms with van der Waals surface area (Å²) in [5.41, 5.74) is 3.61. The summed E-state index contributed by atoms with van der Waals surface area (Å²) >= 11 is 0. The lowest BCUT2D eigenvalue weighted by atomic mass is 9.83. The van der Waals surface area contributed by atoms with Gasteiger partial charge in [-0.3, -0.25) is 0 Å². The summed E-state index contributed by atoms with van der Waals surface area (Å²) in [6, 6.07) is 49.4. The van der Waals surface area contributed by atoms with Crippen LogP contribution in [-0.4, -0.2) is 49.3 Å². The molecule has 1 aliphatic rings. The third-order valence-electron chi connectivity index (χ3n) is 9.14. The van der Waals surface area contributed by atoms with E-state index in [4.69, 9.17) is 28.4 Å². The minimum Gasteiger partial charge on any atom is -0.445 e. The molecule has 8 heteroatoms. The first-order chi connectivity index (χ1) is 26.1. The summed E-state index contributed by atoms with van der Waals surface area (Å²) < 4.78 is 39.4. The van der Waals surface area contributed by atoms with Crippen LogP contribution in [0.1, 0.15) is 27.8 Å². The predicted octanol–water partition coefficient (Wildman–Crippen LogP) is 8.21. The normalized spacial score (nSPS) is 21.1. The van der Waals surface area contributed by atoms with Crippen molar-refractivity contribution in [1.82, 2.24) is 5.32 Å². The number of amides is 1. The van der Waals surface area contributed by atoms with Gasteiger partial charge in [0.15, 0.2) is 0 Å². The van der Waals surface area contributed by atoms with E-state index in [1.165, 1.54) is 0 Å². The number of carbonyl (C=O) groups is 1. The first kappa shape index (κ1) is 37.7. The molecule has 8 nitrogen and oxygen atoms in total. The zero-order valence-corrected chi connectivity index (χ0v) is 29.8. The number of rotatable bonds is 18. The molecule has 1 fully saturated rings. The van der Waals surface area contributed by atoms with Gasteiger partial charge in [-0.1, -0.05) is 158 Å². The molecule has 0 saturated carbocycles. The van der Waals surface area contributed by atoms with Gasteiger partial charge in [0.05, 0.1) is 39.6 Å². The number of hydrogen-bond acceptors (Lipinski definition) is 7. The van der Waals surface area contributed by atoms with Crippen LogP contribution in [0, 0.1) is 0 Å². The molecule has 6 rings (SSSR count). The van der Waals surface area contributed by atoms with Crippen LogP contribution in [0.2, 0.25) is 0 Å². The maximum Gasteiger partial charge on any atom is 0.407 e. The first-order valence-electron chi connectivity index (χ1n) is 18.0. The number of hydrogen-bond donors (Lipinski definition) is 1. The lowest BCUT2D eigenvalue weighted by molar-refractivity contribution is -0.293. The van der Waals surface area contributed by atoms with Crippen molar-refractivity contribution in [3.8, 4) is 0 Å². The molecule has 1 heterocycles. The summed E-state index contributed by atoms with van der Waals surface area (Å²) in [5.74, 6) is 0. The molecular weight excluding hydrogens is 666 g/mol. The van der Waals surface area contributed by atoms with Gasteiger partial charge in [-0.2, -0.15) is 0 Å². The standard InChI is InChI=1S/C45H47NO7/c1-2-45(34-46-44(47)52-32-39-26-16-7-17-27-39)43(51-31-38-24-14-6-15-25-38)42(50-30-37-22-12-5-13-23-37)41(49-29-36-20-10-4-11-21-36)40(53-45)33-48-28-35-18-8-3-9-19-35/h2-27,40-43H,1,28-34H2,(H,46,47)/t40-,41-,42+,43-,45-/m1/s1. The second-order valence-corrected chi connectivity index (χ2v) is 13.0. The zero-order chi connectivity index (χ0) is 36.6. The Bertz CT molecular complexity index is 1790. The van der Waals surface area contributed by atoms with Crippen molar-refractivity contribution in [3.05, 3.63) is 192 Å². The third kappa shape index (κ3) is 11.0. The molecule has 1 aliphatic heterocycles.